The van der Waals surface area contributed by atoms with Gasteiger partial charge < -0.3 is 18.3 Å². The molecule has 5 aromatic heterocycles. The lowest BCUT2D eigenvalue weighted by atomic mass is 10.0. The Kier molecular flexibility index (Phi) is 20.3. The van der Waals surface area contributed by atoms with E-state index in [9.17, 15) is 0 Å². The summed E-state index contributed by atoms with van der Waals surface area (Å²) >= 11 is 1.70. The van der Waals surface area contributed by atoms with Crippen LogP contribution in [-0.2, 0) is 9.13 Å². The first-order valence-corrected chi connectivity index (χ1v) is 44.4. The standard InChI is InChI=1S/C39H26N4.C36H26O2P2S.C33H22N4/c1-4-12-28(13-5-1)37-40-38(29-14-6-2-7-15-29)42-39(41-37)30-22-20-27(21-23-30)31-24-25-36-34(26-31)33-18-10-11-19-35(33)43(36)32-16-8-3-9-17-32;37-39(27-13-5-1-6-14-27,28-15-7-2-8-16-28)31-21-23-35-33(25-31)34-26-32(22-24-36(34)41-35)40(38,29-17-9-3-10-18-29)30-19-11-4-12-20-30;1-4-12-23(13-5-1)31-34-32(24-14-6-2-7-15-24)36-33(35-31)25-20-21-30-28(22-25)27-18-10-11-19-29(27)37(30)26-16-8-3-9-17-26/h1-26H;1-26H;1-22H. The number of hydrogen-bond donors (Lipinski definition) is 0. The molecular formula is C108H74N8O2P2S. The Hall–Kier alpha value is -15.0. The largest absolute Gasteiger partial charge is 0.309 e. The van der Waals surface area contributed by atoms with Crippen molar-refractivity contribution in [2.24, 2.45) is 0 Å². The third kappa shape index (κ3) is 14.5. The van der Waals surface area contributed by atoms with E-state index in [1.165, 1.54) is 43.7 Å². The second-order valence-corrected chi connectivity index (χ2v) is 36.1. The molecular weight excluding hydrogens is 1540 g/mol. The third-order valence-electron chi connectivity index (χ3n) is 22.2. The molecule has 0 N–H and O–H groups in total. The van der Waals surface area contributed by atoms with Gasteiger partial charge in [-0.3, -0.25) is 0 Å². The van der Waals surface area contributed by atoms with Crippen LogP contribution in [0.15, 0.2) is 449 Å². The maximum Gasteiger partial charge on any atom is 0.171 e. The lowest BCUT2D eigenvalue weighted by Gasteiger charge is -2.20. The van der Waals surface area contributed by atoms with Crippen molar-refractivity contribution in [1.29, 1.82) is 0 Å². The minimum Gasteiger partial charge on any atom is -0.309 e. The zero-order valence-electron chi connectivity index (χ0n) is 65.4. The Labute approximate surface area is 704 Å². The van der Waals surface area contributed by atoms with Crippen molar-refractivity contribution in [3.8, 4) is 90.8 Å². The van der Waals surface area contributed by atoms with Gasteiger partial charge in [-0.25, -0.2) is 29.9 Å². The fourth-order valence-corrected chi connectivity index (χ4v) is 22.7. The van der Waals surface area contributed by atoms with Crippen LogP contribution in [0.1, 0.15) is 0 Å². The summed E-state index contributed by atoms with van der Waals surface area (Å²) in [6.45, 7) is 0. The van der Waals surface area contributed by atoms with Crippen LogP contribution in [0.4, 0.5) is 0 Å². The third-order valence-corrected chi connectivity index (χ3v) is 29.4. The molecule has 121 heavy (non-hydrogen) atoms. The molecule has 0 radical (unpaired) electrons. The summed E-state index contributed by atoms with van der Waals surface area (Å²) in [5.41, 5.74) is 15.1. The number of hydrogen-bond acceptors (Lipinski definition) is 9. The van der Waals surface area contributed by atoms with Crippen molar-refractivity contribution in [1.82, 2.24) is 39.0 Å². The van der Waals surface area contributed by atoms with Gasteiger partial charge in [-0.15, -0.1) is 11.3 Å². The lowest BCUT2D eigenvalue weighted by Crippen LogP contribution is -2.25. The quantitative estimate of drug-likeness (QED) is 0.0931. The number of para-hydroxylation sites is 4. The first kappa shape index (κ1) is 74.8. The van der Waals surface area contributed by atoms with Crippen molar-refractivity contribution < 1.29 is 9.13 Å². The van der Waals surface area contributed by atoms with Crippen LogP contribution in [0.5, 0.6) is 0 Å². The minimum absolute atomic E-state index is 0.653. The second-order valence-electron chi connectivity index (χ2n) is 29.5. The summed E-state index contributed by atoms with van der Waals surface area (Å²) < 4.78 is 37.0. The predicted octanol–water partition coefficient (Wildman–Crippen LogP) is 24.9. The zero-order chi connectivity index (χ0) is 81.1. The summed E-state index contributed by atoms with van der Waals surface area (Å²) in [6.07, 6.45) is 0. The van der Waals surface area contributed by atoms with Gasteiger partial charge in [-0.05, 0) is 114 Å². The van der Waals surface area contributed by atoms with Gasteiger partial charge >= 0.3 is 0 Å². The van der Waals surface area contributed by atoms with E-state index in [0.717, 1.165) is 108 Å². The molecule has 574 valence electrons. The molecule has 22 aromatic rings. The van der Waals surface area contributed by atoms with Gasteiger partial charge in [-0.2, -0.15) is 0 Å². The molecule has 0 aliphatic carbocycles. The normalized spacial score (nSPS) is 11.5. The SMILES string of the molecule is O=P(c1ccccc1)(c1ccccc1)c1ccc2sc3ccc(P(=O)(c4ccccc4)c4ccccc4)cc3c2c1.c1ccc(-c2nc(-c3ccccc3)nc(-c3ccc(-c4ccc5c(c4)c4ccccc4n5-c4ccccc4)cc3)n2)cc1.c1ccc(-c2nc(-c3ccccc3)nc(-c3ccc4c(c3)c3ccccc3n4-c3ccccc3)n2)cc1. The molecule has 0 fully saturated rings. The smallest absolute Gasteiger partial charge is 0.171 e. The highest BCUT2D eigenvalue weighted by Gasteiger charge is 2.33. The van der Waals surface area contributed by atoms with Gasteiger partial charge in [0.25, 0.3) is 0 Å². The van der Waals surface area contributed by atoms with Crippen molar-refractivity contribution in [2.45, 2.75) is 0 Å². The van der Waals surface area contributed by atoms with Crippen molar-refractivity contribution >= 4 is 121 Å². The molecule has 0 bridgehead atoms. The van der Waals surface area contributed by atoms with Crippen molar-refractivity contribution in [3.63, 3.8) is 0 Å². The molecule has 0 aliphatic heterocycles. The van der Waals surface area contributed by atoms with E-state index in [2.05, 4.69) is 197 Å². The highest BCUT2D eigenvalue weighted by molar-refractivity contribution is 7.85. The van der Waals surface area contributed by atoms with Crippen LogP contribution >= 0.6 is 25.6 Å². The van der Waals surface area contributed by atoms with Gasteiger partial charge in [0.05, 0.1) is 22.1 Å². The molecule has 13 heteroatoms. The van der Waals surface area contributed by atoms with Crippen LogP contribution in [0, 0.1) is 0 Å². The van der Waals surface area contributed by atoms with Gasteiger partial charge in [0.1, 0.15) is 0 Å². The first-order valence-electron chi connectivity index (χ1n) is 40.2. The van der Waals surface area contributed by atoms with Gasteiger partial charge in [0.15, 0.2) is 49.2 Å². The Morgan fingerprint density at radius 1 is 0.182 bits per heavy atom. The van der Waals surface area contributed by atoms with Gasteiger partial charge in [-0.1, -0.05) is 346 Å². The highest BCUT2D eigenvalue weighted by Crippen LogP contribution is 2.48. The Balaban J connectivity index is 0.000000116. The molecule has 0 unspecified atom stereocenters. The molecule has 0 atom stereocenters. The number of nitrogens with zero attached hydrogens (tertiary/aromatic N) is 8. The molecule has 0 amide bonds. The number of thiophene rings is 1. The molecule has 10 nitrogen and oxygen atoms in total. The molecule has 0 saturated carbocycles. The molecule has 17 aromatic carbocycles. The molecule has 0 saturated heterocycles. The van der Waals surface area contributed by atoms with E-state index in [1.54, 1.807) is 11.3 Å². The average Bonchev–Trinajstić information content (AvgIpc) is 1.63. The Bertz CT molecular complexity index is 7250. The fraction of sp³-hybridized carbons (Fsp3) is 0. The highest BCUT2D eigenvalue weighted by atomic mass is 32.1. The fourth-order valence-electron chi connectivity index (χ4n) is 16.3. The molecule has 0 spiro atoms. The second kappa shape index (κ2) is 32.9. The maximum atomic E-state index is 15.1. The summed E-state index contributed by atoms with van der Waals surface area (Å²) in [7, 11) is -6.25. The topological polar surface area (TPSA) is 121 Å². The summed E-state index contributed by atoms with van der Waals surface area (Å²) in [6, 6.07) is 152. The Morgan fingerprint density at radius 2 is 0.430 bits per heavy atom. The van der Waals surface area contributed by atoms with E-state index in [1.807, 2.05) is 261 Å². The first-order chi connectivity index (χ1) is 59.7. The number of rotatable bonds is 15. The minimum atomic E-state index is -3.12. The molecule has 22 rings (SSSR count). The van der Waals surface area contributed by atoms with E-state index in [0.29, 0.717) is 34.9 Å². The van der Waals surface area contributed by atoms with E-state index in [4.69, 9.17) is 29.9 Å². The van der Waals surface area contributed by atoms with Crippen LogP contribution in [-0.4, -0.2) is 39.0 Å². The van der Waals surface area contributed by atoms with Crippen LogP contribution in [0.2, 0.25) is 0 Å². The van der Waals surface area contributed by atoms with Crippen molar-refractivity contribution in [2.75, 3.05) is 0 Å². The summed E-state index contributed by atoms with van der Waals surface area (Å²) in [4.78, 5) is 29.3. The number of fused-ring (bicyclic) bond motifs is 9. The lowest BCUT2D eigenvalue weighted by molar-refractivity contribution is 0.591. The van der Waals surface area contributed by atoms with Gasteiger partial charge in [0.2, 0.25) is 0 Å². The number of benzene rings is 17. The van der Waals surface area contributed by atoms with E-state index >= 15 is 9.13 Å². The Morgan fingerprint density at radius 3 is 0.769 bits per heavy atom. The van der Waals surface area contributed by atoms with Crippen LogP contribution in [0.3, 0.4) is 0 Å². The van der Waals surface area contributed by atoms with Crippen LogP contribution < -0.4 is 31.8 Å². The zero-order valence-corrected chi connectivity index (χ0v) is 68.0. The van der Waals surface area contributed by atoms with E-state index < -0.39 is 14.3 Å². The van der Waals surface area contributed by atoms with Gasteiger partial charge in [0, 0.05) is 118 Å². The van der Waals surface area contributed by atoms with Crippen molar-refractivity contribution in [3.05, 3.63) is 449 Å². The predicted molar refractivity (Wildman–Crippen MR) is 505 cm³/mol. The summed E-state index contributed by atoms with van der Waals surface area (Å²) in [5, 5.41) is 11.7. The molecule has 0 aliphatic rings. The summed E-state index contributed by atoms with van der Waals surface area (Å²) in [5.74, 6) is 3.96. The monoisotopic (exact) mass is 1610 g/mol. The number of aromatic nitrogens is 8. The van der Waals surface area contributed by atoms with Crippen LogP contribution in [0.25, 0.3) is 155 Å². The maximum absolute atomic E-state index is 15.1. The molecule has 5 heterocycles. The average molecular weight is 1610 g/mol. The van der Waals surface area contributed by atoms with E-state index in [-0.39, 0.29) is 0 Å².